The largest absolute Gasteiger partial charge is 0.497 e. The summed E-state index contributed by atoms with van der Waals surface area (Å²) in [6.07, 6.45) is 7.28. The lowest BCUT2D eigenvalue weighted by Gasteiger charge is -2.20. The molecule has 0 spiro atoms. The van der Waals surface area contributed by atoms with Crippen molar-refractivity contribution in [1.29, 1.82) is 0 Å². The number of allylic oxidation sites excluding steroid dienone is 2. The first kappa shape index (κ1) is 13.9. The van der Waals surface area contributed by atoms with Gasteiger partial charge in [-0.2, -0.15) is 0 Å². The zero-order valence-electron chi connectivity index (χ0n) is 12.8. The minimum atomic E-state index is 0.589. The quantitative estimate of drug-likeness (QED) is 0.680. The molecule has 0 amide bonds. The van der Waals surface area contributed by atoms with Crippen LogP contribution in [0.5, 0.6) is 5.75 Å². The van der Waals surface area contributed by atoms with Crippen molar-refractivity contribution in [3.63, 3.8) is 0 Å². The van der Waals surface area contributed by atoms with Crippen LogP contribution in [0.25, 0.3) is 11.1 Å². The molecule has 1 nitrogen and oxygen atoms in total. The molecule has 0 saturated carbocycles. The summed E-state index contributed by atoms with van der Waals surface area (Å²) in [5, 5.41) is 0. The Hall–Kier alpha value is -2.02. The first-order valence-corrected chi connectivity index (χ1v) is 7.69. The molecule has 1 heteroatoms. The van der Waals surface area contributed by atoms with Crippen molar-refractivity contribution in [1.82, 2.24) is 0 Å². The van der Waals surface area contributed by atoms with Crippen LogP contribution in [0, 0.1) is 5.92 Å². The van der Waals surface area contributed by atoms with Crippen molar-refractivity contribution in [3.05, 3.63) is 66.2 Å². The smallest absolute Gasteiger partial charge is 0.118 e. The molecule has 108 valence electrons. The molecule has 0 aromatic heterocycles. The third kappa shape index (κ3) is 3.18. The SMILES string of the molecule is COc1ccc(-c2ccc(C3C=CC(C)CC3)cc2)cc1. The summed E-state index contributed by atoms with van der Waals surface area (Å²) < 4.78 is 5.20. The highest BCUT2D eigenvalue weighted by Crippen LogP contribution is 2.31. The Kier molecular flexibility index (Phi) is 4.10. The maximum Gasteiger partial charge on any atom is 0.118 e. The van der Waals surface area contributed by atoms with E-state index in [4.69, 9.17) is 4.74 Å². The van der Waals surface area contributed by atoms with Crippen LogP contribution < -0.4 is 4.74 Å². The molecule has 1 aliphatic rings. The molecule has 0 heterocycles. The maximum absolute atomic E-state index is 5.20. The molecule has 2 aromatic carbocycles. The van der Waals surface area contributed by atoms with E-state index in [1.54, 1.807) is 7.11 Å². The number of hydrogen-bond donors (Lipinski definition) is 0. The topological polar surface area (TPSA) is 9.23 Å². The zero-order chi connectivity index (χ0) is 14.7. The van der Waals surface area contributed by atoms with Gasteiger partial charge in [0, 0.05) is 5.92 Å². The molecule has 0 N–H and O–H groups in total. The zero-order valence-corrected chi connectivity index (χ0v) is 12.8. The fourth-order valence-electron chi connectivity index (χ4n) is 2.94. The number of ether oxygens (including phenoxy) is 1. The van der Waals surface area contributed by atoms with Crippen LogP contribution in [0.2, 0.25) is 0 Å². The molecule has 0 saturated heterocycles. The van der Waals surface area contributed by atoms with Gasteiger partial charge in [-0.1, -0.05) is 55.5 Å². The summed E-state index contributed by atoms with van der Waals surface area (Å²) in [5.41, 5.74) is 3.92. The van der Waals surface area contributed by atoms with E-state index in [1.807, 2.05) is 12.1 Å². The molecule has 0 bridgehead atoms. The number of rotatable bonds is 3. The Balaban J connectivity index is 1.78. The lowest BCUT2D eigenvalue weighted by atomic mass is 9.85. The van der Waals surface area contributed by atoms with Crippen molar-refractivity contribution in [2.75, 3.05) is 7.11 Å². The number of hydrogen-bond acceptors (Lipinski definition) is 1. The van der Waals surface area contributed by atoms with Gasteiger partial charge in [-0.15, -0.1) is 0 Å². The van der Waals surface area contributed by atoms with Crippen molar-refractivity contribution in [3.8, 4) is 16.9 Å². The van der Waals surface area contributed by atoms with Crippen LogP contribution in [0.15, 0.2) is 60.7 Å². The Morgan fingerprint density at radius 1 is 0.810 bits per heavy atom. The van der Waals surface area contributed by atoms with E-state index in [0.717, 1.165) is 11.7 Å². The van der Waals surface area contributed by atoms with Crippen molar-refractivity contribution < 1.29 is 4.74 Å². The van der Waals surface area contributed by atoms with Gasteiger partial charge in [0.25, 0.3) is 0 Å². The molecule has 2 atom stereocenters. The molecule has 0 aliphatic heterocycles. The predicted octanol–water partition coefficient (Wildman–Crippen LogP) is 5.43. The Labute approximate surface area is 127 Å². The average molecular weight is 278 g/mol. The maximum atomic E-state index is 5.20. The molecular weight excluding hydrogens is 256 g/mol. The van der Waals surface area contributed by atoms with E-state index in [0.29, 0.717) is 5.92 Å². The molecular formula is C20H22O. The fraction of sp³-hybridized carbons (Fsp3) is 0.300. The highest BCUT2D eigenvalue weighted by atomic mass is 16.5. The normalized spacial score (nSPS) is 21.2. The minimum absolute atomic E-state index is 0.589. The molecule has 0 fully saturated rings. The van der Waals surface area contributed by atoms with Gasteiger partial charge in [-0.25, -0.2) is 0 Å². The third-order valence-corrected chi connectivity index (χ3v) is 4.37. The van der Waals surface area contributed by atoms with Gasteiger partial charge in [-0.05, 0) is 47.6 Å². The van der Waals surface area contributed by atoms with Crippen LogP contribution in [0.1, 0.15) is 31.2 Å². The summed E-state index contributed by atoms with van der Waals surface area (Å²) in [6, 6.07) is 17.2. The van der Waals surface area contributed by atoms with E-state index in [2.05, 4.69) is 55.5 Å². The molecule has 2 unspecified atom stereocenters. The standard InChI is InChI=1S/C20H22O/c1-15-3-5-16(6-4-15)17-7-9-18(10-8-17)19-11-13-20(21-2)14-12-19/h3,5,7-16H,4,6H2,1-2H3. The number of benzene rings is 2. The van der Waals surface area contributed by atoms with Gasteiger partial charge in [0.15, 0.2) is 0 Å². The third-order valence-electron chi connectivity index (χ3n) is 4.37. The average Bonchev–Trinajstić information content (AvgIpc) is 2.56. The van der Waals surface area contributed by atoms with Gasteiger partial charge in [0.2, 0.25) is 0 Å². The molecule has 3 rings (SSSR count). The lowest BCUT2D eigenvalue weighted by Crippen LogP contribution is -2.04. The summed E-state index contributed by atoms with van der Waals surface area (Å²) in [5.74, 6) is 2.22. The second-order valence-electron chi connectivity index (χ2n) is 5.90. The van der Waals surface area contributed by atoms with E-state index >= 15 is 0 Å². The molecule has 21 heavy (non-hydrogen) atoms. The Bertz CT molecular complexity index is 607. The first-order valence-electron chi connectivity index (χ1n) is 7.69. The van der Waals surface area contributed by atoms with E-state index < -0.39 is 0 Å². The fourth-order valence-corrected chi connectivity index (χ4v) is 2.94. The summed E-state index contributed by atoms with van der Waals surface area (Å²) in [6.45, 7) is 2.29. The van der Waals surface area contributed by atoms with Crippen LogP contribution in [-0.2, 0) is 0 Å². The molecule has 2 aromatic rings. The van der Waals surface area contributed by atoms with Gasteiger partial charge in [0.1, 0.15) is 5.75 Å². The second-order valence-corrected chi connectivity index (χ2v) is 5.90. The van der Waals surface area contributed by atoms with Crippen LogP contribution in [-0.4, -0.2) is 7.11 Å². The van der Waals surface area contributed by atoms with E-state index in [-0.39, 0.29) is 0 Å². The molecule has 1 aliphatic carbocycles. The second kappa shape index (κ2) is 6.17. The van der Waals surface area contributed by atoms with E-state index in [9.17, 15) is 0 Å². The van der Waals surface area contributed by atoms with Crippen LogP contribution in [0.3, 0.4) is 0 Å². The van der Waals surface area contributed by atoms with Crippen LogP contribution in [0.4, 0.5) is 0 Å². The first-order chi connectivity index (χ1) is 10.3. The monoisotopic (exact) mass is 278 g/mol. The molecule has 0 radical (unpaired) electrons. The predicted molar refractivity (Wildman–Crippen MR) is 88.7 cm³/mol. The highest BCUT2D eigenvalue weighted by Gasteiger charge is 2.14. The Morgan fingerprint density at radius 3 is 1.95 bits per heavy atom. The van der Waals surface area contributed by atoms with Crippen molar-refractivity contribution in [2.24, 2.45) is 5.92 Å². The Morgan fingerprint density at radius 2 is 1.43 bits per heavy atom. The van der Waals surface area contributed by atoms with Gasteiger partial charge in [-0.3, -0.25) is 0 Å². The summed E-state index contributed by atoms with van der Waals surface area (Å²) in [7, 11) is 1.70. The van der Waals surface area contributed by atoms with E-state index in [1.165, 1.54) is 29.5 Å². The summed E-state index contributed by atoms with van der Waals surface area (Å²) >= 11 is 0. The lowest BCUT2D eigenvalue weighted by molar-refractivity contribution is 0.415. The minimum Gasteiger partial charge on any atom is -0.497 e. The summed E-state index contributed by atoms with van der Waals surface area (Å²) in [4.78, 5) is 0. The van der Waals surface area contributed by atoms with Gasteiger partial charge < -0.3 is 4.74 Å². The highest BCUT2D eigenvalue weighted by molar-refractivity contribution is 5.64. The number of methoxy groups -OCH3 is 1. The van der Waals surface area contributed by atoms with Crippen molar-refractivity contribution >= 4 is 0 Å². The van der Waals surface area contributed by atoms with Crippen molar-refractivity contribution in [2.45, 2.75) is 25.7 Å². The van der Waals surface area contributed by atoms with Crippen LogP contribution >= 0.6 is 0 Å². The van der Waals surface area contributed by atoms with Gasteiger partial charge in [0.05, 0.1) is 7.11 Å². The van der Waals surface area contributed by atoms with Gasteiger partial charge >= 0.3 is 0 Å².